The zero-order chi connectivity index (χ0) is 12.3. The van der Waals surface area contributed by atoms with E-state index in [-0.39, 0.29) is 6.42 Å². The molecule has 0 aliphatic heterocycles. The average Bonchev–Trinajstić information content (AvgIpc) is 2.69. The van der Waals surface area contributed by atoms with Gasteiger partial charge in [-0.3, -0.25) is 4.79 Å². The van der Waals surface area contributed by atoms with Crippen LogP contribution in [0.2, 0.25) is 0 Å². The molecule has 1 N–H and O–H groups in total. The molecule has 0 aliphatic rings. The quantitative estimate of drug-likeness (QED) is 0.878. The number of carbonyl (C=O) groups is 1. The van der Waals surface area contributed by atoms with Gasteiger partial charge in [0.15, 0.2) is 0 Å². The van der Waals surface area contributed by atoms with Crippen LogP contribution in [0, 0.1) is 6.92 Å². The summed E-state index contributed by atoms with van der Waals surface area (Å²) in [5.41, 5.74) is 1.61. The minimum Gasteiger partial charge on any atom is -0.481 e. The SMILES string of the molecule is Cc1oc(-c2ccccc2)nc1CCC(=O)O. The molecule has 0 aliphatic carbocycles. The minimum absolute atomic E-state index is 0.0710. The van der Waals surface area contributed by atoms with Crippen molar-refractivity contribution in [3.8, 4) is 11.5 Å². The number of oxazole rings is 1. The van der Waals surface area contributed by atoms with E-state index in [1.54, 1.807) is 6.92 Å². The van der Waals surface area contributed by atoms with Gasteiger partial charge in [-0.25, -0.2) is 4.98 Å². The monoisotopic (exact) mass is 231 g/mol. The van der Waals surface area contributed by atoms with Crippen molar-refractivity contribution >= 4 is 5.97 Å². The van der Waals surface area contributed by atoms with Crippen LogP contribution in [0.15, 0.2) is 34.7 Å². The third-order valence-corrected chi connectivity index (χ3v) is 2.49. The highest BCUT2D eigenvalue weighted by Crippen LogP contribution is 2.21. The van der Waals surface area contributed by atoms with E-state index in [0.717, 1.165) is 5.56 Å². The largest absolute Gasteiger partial charge is 0.481 e. The van der Waals surface area contributed by atoms with Crippen LogP contribution < -0.4 is 0 Å². The molecule has 0 saturated carbocycles. The molecule has 0 spiro atoms. The Morgan fingerprint density at radius 1 is 1.35 bits per heavy atom. The predicted octanol–water partition coefficient (Wildman–Crippen LogP) is 2.67. The lowest BCUT2D eigenvalue weighted by Crippen LogP contribution is -1.98. The summed E-state index contributed by atoms with van der Waals surface area (Å²) < 4.78 is 5.53. The van der Waals surface area contributed by atoms with E-state index >= 15 is 0 Å². The number of aromatic nitrogens is 1. The molecule has 2 aromatic rings. The van der Waals surface area contributed by atoms with Gasteiger partial charge in [-0.05, 0) is 19.1 Å². The third-order valence-electron chi connectivity index (χ3n) is 2.49. The highest BCUT2D eigenvalue weighted by atomic mass is 16.4. The maximum absolute atomic E-state index is 10.5. The molecule has 0 unspecified atom stereocenters. The maximum atomic E-state index is 10.5. The fourth-order valence-corrected chi connectivity index (χ4v) is 1.59. The molecular weight excluding hydrogens is 218 g/mol. The second-order valence-electron chi connectivity index (χ2n) is 3.78. The molecule has 0 radical (unpaired) electrons. The first-order chi connectivity index (χ1) is 8.16. The van der Waals surface area contributed by atoms with Gasteiger partial charge in [0.05, 0.1) is 12.1 Å². The van der Waals surface area contributed by atoms with Crippen molar-refractivity contribution in [2.45, 2.75) is 19.8 Å². The van der Waals surface area contributed by atoms with Crippen LogP contribution >= 0.6 is 0 Å². The summed E-state index contributed by atoms with van der Waals surface area (Å²) in [6, 6.07) is 9.56. The van der Waals surface area contributed by atoms with Gasteiger partial charge >= 0.3 is 5.97 Å². The Labute approximate surface area is 98.9 Å². The molecule has 1 aromatic heterocycles. The van der Waals surface area contributed by atoms with Gasteiger partial charge in [-0.1, -0.05) is 18.2 Å². The Hall–Kier alpha value is -2.10. The van der Waals surface area contributed by atoms with Crippen LogP contribution in [0.5, 0.6) is 0 Å². The lowest BCUT2D eigenvalue weighted by molar-refractivity contribution is -0.136. The first-order valence-electron chi connectivity index (χ1n) is 5.40. The molecule has 0 amide bonds. The number of aliphatic carboxylic acids is 1. The summed E-state index contributed by atoms with van der Waals surface area (Å²) in [5.74, 6) is 0.405. The highest BCUT2D eigenvalue weighted by Gasteiger charge is 2.11. The first kappa shape index (κ1) is 11.4. The van der Waals surface area contributed by atoms with Gasteiger partial charge in [0.2, 0.25) is 5.89 Å². The fraction of sp³-hybridized carbons (Fsp3) is 0.231. The van der Waals surface area contributed by atoms with Crippen molar-refractivity contribution in [1.29, 1.82) is 0 Å². The van der Waals surface area contributed by atoms with Crippen LogP contribution in [-0.4, -0.2) is 16.1 Å². The van der Waals surface area contributed by atoms with Gasteiger partial charge in [0.1, 0.15) is 5.76 Å². The van der Waals surface area contributed by atoms with Crippen LogP contribution in [0.25, 0.3) is 11.5 Å². The second kappa shape index (κ2) is 4.82. The lowest BCUT2D eigenvalue weighted by Gasteiger charge is -1.92. The molecule has 0 atom stereocenters. The Bertz CT molecular complexity index is 517. The Kier molecular flexibility index (Phi) is 3.23. The lowest BCUT2D eigenvalue weighted by atomic mass is 10.2. The Morgan fingerprint density at radius 2 is 2.06 bits per heavy atom. The van der Waals surface area contributed by atoms with E-state index in [9.17, 15) is 4.79 Å². The van der Waals surface area contributed by atoms with E-state index in [1.165, 1.54) is 0 Å². The molecule has 4 heteroatoms. The molecule has 0 saturated heterocycles. The Balaban J connectivity index is 2.22. The van der Waals surface area contributed by atoms with Gasteiger partial charge < -0.3 is 9.52 Å². The smallest absolute Gasteiger partial charge is 0.303 e. The summed E-state index contributed by atoms with van der Waals surface area (Å²) in [6.45, 7) is 1.80. The number of benzene rings is 1. The minimum atomic E-state index is -0.825. The molecule has 4 nitrogen and oxygen atoms in total. The summed E-state index contributed by atoms with van der Waals surface area (Å²) >= 11 is 0. The molecular formula is C13H13NO3. The van der Waals surface area contributed by atoms with E-state index in [1.807, 2.05) is 30.3 Å². The van der Waals surface area contributed by atoms with Gasteiger partial charge in [0.25, 0.3) is 0 Å². The maximum Gasteiger partial charge on any atom is 0.303 e. The van der Waals surface area contributed by atoms with E-state index < -0.39 is 5.97 Å². The molecule has 88 valence electrons. The van der Waals surface area contributed by atoms with E-state index in [4.69, 9.17) is 9.52 Å². The zero-order valence-corrected chi connectivity index (χ0v) is 9.51. The zero-order valence-electron chi connectivity index (χ0n) is 9.51. The first-order valence-corrected chi connectivity index (χ1v) is 5.40. The van der Waals surface area contributed by atoms with E-state index in [0.29, 0.717) is 23.8 Å². The van der Waals surface area contributed by atoms with Crippen LogP contribution in [0.3, 0.4) is 0 Å². The molecule has 1 heterocycles. The van der Waals surface area contributed by atoms with Crippen molar-refractivity contribution < 1.29 is 14.3 Å². The number of aryl methyl sites for hydroxylation is 2. The predicted molar refractivity (Wildman–Crippen MR) is 62.6 cm³/mol. The summed E-state index contributed by atoms with van der Waals surface area (Å²) in [6.07, 6.45) is 0.471. The number of hydrogen-bond acceptors (Lipinski definition) is 3. The van der Waals surface area contributed by atoms with Crippen molar-refractivity contribution in [3.63, 3.8) is 0 Å². The van der Waals surface area contributed by atoms with Crippen molar-refractivity contribution in [3.05, 3.63) is 41.8 Å². The Morgan fingerprint density at radius 3 is 2.71 bits per heavy atom. The van der Waals surface area contributed by atoms with Gasteiger partial charge in [-0.15, -0.1) is 0 Å². The summed E-state index contributed by atoms with van der Waals surface area (Å²) in [5, 5.41) is 8.63. The van der Waals surface area contributed by atoms with Crippen LogP contribution in [0.4, 0.5) is 0 Å². The van der Waals surface area contributed by atoms with Crippen LogP contribution in [0.1, 0.15) is 17.9 Å². The molecule has 0 bridgehead atoms. The van der Waals surface area contributed by atoms with Gasteiger partial charge in [-0.2, -0.15) is 0 Å². The number of carboxylic acid groups (broad SMARTS) is 1. The molecule has 2 rings (SSSR count). The third kappa shape index (κ3) is 2.72. The van der Waals surface area contributed by atoms with Crippen molar-refractivity contribution in [2.24, 2.45) is 0 Å². The normalized spacial score (nSPS) is 10.4. The van der Waals surface area contributed by atoms with Crippen molar-refractivity contribution in [2.75, 3.05) is 0 Å². The highest BCUT2D eigenvalue weighted by molar-refractivity contribution is 5.67. The van der Waals surface area contributed by atoms with E-state index in [2.05, 4.69) is 4.98 Å². The topological polar surface area (TPSA) is 63.3 Å². The summed E-state index contributed by atoms with van der Waals surface area (Å²) in [4.78, 5) is 14.8. The van der Waals surface area contributed by atoms with Gasteiger partial charge in [0, 0.05) is 12.0 Å². The number of hydrogen-bond donors (Lipinski definition) is 1. The molecule has 1 aromatic carbocycles. The van der Waals surface area contributed by atoms with Crippen LogP contribution in [-0.2, 0) is 11.2 Å². The molecule has 17 heavy (non-hydrogen) atoms. The molecule has 0 fully saturated rings. The fourth-order valence-electron chi connectivity index (χ4n) is 1.59. The number of rotatable bonds is 4. The number of nitrogens with zero attached hydrogens (tertiary/aromatic N) is 1. The second-order valence-corrected chi connectivity index (χ2v) is 3.78. The van der Waals surface area contributed by atoms with Crippen molar-refractivity contribution in [1.82, 2.24) is 4.98 Å². The number of carboxylic acids is 1. The standard InChI is InChI=1S/C13H13NO3/c1-9-11(7-8-12(15)16)14-13(17-9)10-5-3-2-4-6-10/h2-6H,7-8H2,1H3,(H,15,16). The average molecular weight is 231 g/mol. The summed E-state index contributed by atoms with van der Waals surface area (Å²) in [7, 11) is 0.